The van der Waals surface area contributed by atoms with Crippen LogP contribution >= 0.6 is 11.3 Å². The summed E-state index contributed by atoms with van der Waals surface area (Å²) in [4.78, 5) is 16.2. The standard InChI is InChI=1S/C17H15FN2OS/c18-10-3-5-12-13-9-11(4-6-14(13)20-15(12)8-10)19-17(21)16-2-1-7-22-16/h1-3,5,7-8,11,20H,4,6,9H2,(H,19,21). The fourth-order valence-electron chi connectivity index (χ4n) is 3.18. The van der Waals surface area contributed by atoms with Crippen LogP contribution in [0.15, 0.2) is 35.7 Å². The van der Waals surface area contributed by atoms with E-state index in [0.717, 1.165) is 35.0 Å². The van der Waals surface area contributed by atoms with E-state index in [9.17, 15) is 9.18 Å². The van der Waals surface area contributed by atoms with Crippen LogP contribution in [0.5, 0.6) is 0 Å². The van der Waals surface area contributed by atoms with Crippen molar-refractivity contribution < 1.29 is 9.18 Å². The first-order valence-electron chi connectivity index (χ1n) is 7.34. The molecule has 0 aliphatic heterocycles. The number of rotatable bonds is 2. The molecule has 3 aromatic rings. The van der Waals surface area contributed by atoms with E-state index in [1.54, 1.807) is 0 Å². The van der Waals surface area contributed by atoms with Crippen LogP contribution in [0.3, 0.4) is 0 Å². The highest BCUT2D eigenvalue weighted by Gasteiger charge is 2.24. The Morgan fingerprint density at radius 1 is 1.36 bits per heavy atom. The third-order valence-electron chi connectivity index (χ3n) is 4.23. The van der Waals surface area contributed by atoms with Crippen LogP contribution in [-0.2, 0) is 12.8 Å². The third-order valence-corrected chi connectivity index (χ3v) is 5.10. The van der Waals surface area contributed by atoms with Gasteiger partial charge in [-0.05, 0) is 54.5 Å². The van der Waals surface area contributed by atoms with Crippen molar-refractivity contribution in [3.05, 3.63) is 57.7 Å². The van der Waals surface area contributed by atoms with Gasteiger partial charge in [0.2, 0.25) is 0 Å². The molecule has 0 saturated heterocycles. The molecule has 1 atom stereocenters. The molecule has 0 spiro atoms. The van der Waals surface area contributed by atoms with Gasteiger partial charge in [0.25, 0.3) is 5.91 Å². The van der Waals surface area contributed by atoms with Gasteiger partial charge < -0.3 is 10.3 Å². The van der Waals surface area contributed by atoms with Crippen LogP contribution in [0, 0.1) is 5.82 Å². The van der Waals surface area contributed by atoms with Gasteiger partial charge in [-0.1, -0.05) is 6.07 Å². The van der Waals surface area contributed by atoms with Gasteiger partial charge in [-0.3, -0.25) is 4.79 Å². The van der Waals surface area contributed by atoms with Gasteiger partial charge in [-0.15, -0.1) is 11.3 Å². The number of hydrogen-bond acceptors (Lipinski definition) is 2. The minimum absolute atomic E-state index is 0.00524. The minimum Gasteiger partial charge on any atom is -0.358 e. The van der Waals surface area contributed by atoms with E-state index >= 15 is 0 Å². The highest BCUT2D eigenvalue weighted by molar-refractivity contribution is 7.12. The number of nitrogens with one attached hydrogen (secondary N) is 2. The highest BCUT2D eigenvalue weighted by atomic mass is 32.1. The summed E-state index contributed by atoms with van der Waals surface area (Å²) in [5.74, 6) is -0.233. The van der Waals surface area contributed by atoms with Crippen LogP contribution < -0.4 is 5.32 Å². The summed E-state index contributed by atoms with van der Waals surface area (Å²) in [6.45, 7) is 0. The molecule has 3 nitrogen and oxygen atoms in total. The average molecular weight is 314 g/mol. The van der Waals surface area contributed by atoms with E-state index in [1.807, 2.05) is 23.6 Å². The van der Waals surface area contributed by atoms with Gasteiger partial charge in [-0.25, -0.2) is 4.39 Å². The molecule has 1 aliphatic rings. The maximum atomic E-state index is 13.3. The Bertz CT molecular complexity index is 838. The molecule has 0 fully saturated rings. The summed E-state index contributed by atoms with van der Waals surface area (Å²) < 4.78 is 13.3. The summed E-state index contributed by atoms with van der Waals surface area (Å²) in [7, 11) is 0. The lowest BCUT2D eigenvalue weighted by atomic mass is 9.91. The van der Waals surface area contributed by atoms with E-state index in [2.05, 4.69) is 10.3 Å². The molecule has 1 unspecified atom stereocenters. The summed E-state index contributed by atoms with van der Waals surface area (Å²) in [5.41, 5.74) is 3.22. The number of hydrogen-bond donors (Lipinski definition) is 2. The molecular formula is C17H15FN2OS. The fourth-order valence-corrected chi connectivity index (χ4v) is 3.81. The van der Waals surface area contributed by atoms with Crippen molar-refractivity contribution >= 4 is 28.1 Å². The third kappa shape index (κ3) is 2.31. The number of H-pyrrole nitrogens is 1. The summed E-state index contributed by atoms with van der Waals surface area (Å²) in [6.07, 6.45) is 2.57. The highest BCUT2D eigenvalue weighted by Crippen LogP contribution is 2.29. The normalized spacial score (nSPS) is 17.4. The van der Waals surface area contributed by atoms with Crippen LogP contribution in [0.2, 0.25) is 0 Å². The Kier molecular flexibility index (Phi) is 3.22. The first kappa shape index (κ1) is 13.5. The zero-order chi connectivity index (χ0) is 15.1. The second-order valence-corrected chi connectivity index (χ2v) is 6.61. The lowest BCUT2D eigenvalue weighted by Crippen LogP contribution is -2.38. The summed E-state index contributed by atoms with van der Waals surface area (Å²) in [5, 5.41) is 6.08. The zero-order valence-corrected chi connectivity index (χ0v) is 12.7. The quantitative estimate of drug-likeness (QED) is 0.745. The van der Waals surface area contributed by atoms with Crippen LogP contribution in [0.4, 0.5) is 4.39 Å². The van der Waals surface area contributed by atoms with Crippen LogP contribution in [0.25, 0.3) is 10.9 Å². The van der Waals surface area contributed by atoms with Crippen molar-refractivity contribution in [3.63, 3.8) is 0 Å². The Balaban J connectivity index is 1.58. The molecular weight excluding hydrogens is 299 g/mol. The molecule has 1 amide bonds. The van der Waals surface area contributed by atoms with Crippen LogP contribution in [-0.4, -0.2) is 16.9 Å². The number of halogens is 1. The number of aromatic amines is 1. The van der Waals surface area contributed by atoms with E-state index in [1.165, 1.54) is 34.7 Å². The van der Waals surface area contributed by atoms with Gasteiger partial charge in [0.15, 0.2) is 0 Å². The van der Waals surface area contributed by atoms with Crippen molar-refractivity contribution in [1.29, 1.82) is 0 Å². The maximum Gasteiger partial charge on any atom is 0.261 e. The molecule has 2 N–H and O–H groups in total. The van der Waals surface area contributed by atoms with Crippen molar-refractivity contribution in [2.24, 2.45) is 0 Å². The zero-order valence-electron chi connectivity index (χ0n) is 11.9. The van der Waals surface area contributed by atoms with Crippen molar-refractivity contribution in [2.45, 2.75) is 25.3 Å². The monoisotopic (exact) mass is 314 g/mol. The smallest absolute Gasteiger partial charge is 0.261 e. The molecule has 1 aromatic carbocycles. The number of carbonyl (C=O) groups is 1. The molecule has 112 valence electrons. The minimum atomic E-state index is -0.228. The first-order valence-corrected chi connectivity index (χ1v) is 8.22. The molecule has 0 saturated carbocycles. The Morgan fingerprint density at radius 2 is 2.27 bits per heavy atom. The largest absolute Gasteiger partial charge is 0.358 e. The van der Waals surface area contributed by atoms with E-state index < -0.39 is 0 Å². The molecule has 0 radical (unpaired) electrons. The molecule has 5 heteroatoms. The number of aryl methyl sites for hydroxylation is 1. The predicted molar refractivity (Wildman–Crippen MR) is 85.9 cm³/mol. The first-order chi connectivity index (χ1) is 10.7. The summed E-state index contributed by atoms with van der Waals surface area (Å²) in [6, 6.07) is 8.70. The number of aromatic nitrogens is 1. The van der Waals surface area contributed by atoms with E-state index in [-0.39, 0.29) is 17.8 Å². The molecule has 22 heavy (non-hydrogen) atoms. The topological polar surface area (TPSA) is 44.9 Å². The molecule has 1 aliphatic carbocycles. The molecule has 2 heterocycles. The van der Waals surface area contributed by atoms with E-state index in [0.29, 0.717) is 0 Å². The number of amides is 1. The van der Waals surface area contributed by atoms with Gasteiger partial charge >= 0.3 is 0 Å². The Hall–Kier alpha value is -2.14. The van der Waals surface area contributed by atoms with Crippen molar-refractivity contribution in [1.82, 2.24) is 10.3 Å². The number of fused-ring (bicyclic) bond motifs is 3. The number of carbonyl (C=O) groups excluding carboxylic acids is 1. The van der Waals surface area contributed by atoms with Crippen molar-refractivity contribution in [2.75, 3.05) is 0 Å². The van der Waals surface area contributed by atoms with Crippen molar-refractivity contribution in [3.8, 4) is 0 Å². The molecule has 2 aromatic heterocycles. The maximum absolute atomic E-state index is 13.3. The lowest BCUT2D eigenvalue weighted by Gasteiger charge is -2.23. The Morgan fingerprint density at radius 3 is 3.09 bits per heavy atom. The van der Waals surface area contributed by atoms with Gasteiger partial charge in [-0.2, -0.15) is 0 Å². The number of benzene rings is 1. The average Bonchev–Trinajstić information content (AvgIpc) is 3.13. The molecule has 0 bridgehead atoms. The SMILES string of the molecule is O=C(NC1CCc2[nH]c3cc(F)ccc3c2C1)c1cccs1. The van der Waals surface area contributed by atoms with Gasteiger partial charge in [0.05, 0.1) is 4.88 Å². The molecule has 4 rings (SSSR count). The summed E-state index contributed by atoms with van der Waals surface area (Å²) >= 11 is 1.45. The Labute approximate surface area is 131 Å². The van der Waals surface area contributed by atoms with E-state index in [4.69, 9.17) is 0 Å². The number of thiophene rings is 1. The predicted octanol–water partition coefficient (Wildman–Crippen LogP) is 3.66. The van der Waals surface area contributed by atoms with Gasteiger partial charge in [0, 0.05) is 22.6 Å². The fraction of sp³-hybridized carbons (Fsp3) is 0.235. The lowest BCUT2D eigenvalue weighted by molar-refractivity contribution is 0.0938. The van der Waals surface area contributed by atoms with Gasteiger partial charge in [0.1, 0.15) is 5.82 Å². The second kappa shape index (κ2) is 5.25. The second-order valence-electron chi connectivity index (χ2n) is 5.66. The van der Waals surface area contributed by atoms with Crippen LogP contribution in [0.1, 0.15) is 27.3 Å².